The fraction of sp³-hybridized carbons (Fsp3) is 0.906. The van der Waals surface area contributed by atoms with Gasteiger partial charge in [0.25, 0.3) is 0 Å². The van der Waals surface area contributed by atoms with E-state index in [-0.39, 0.29) is 93.5 Å². The van der Waals surface area contributed by atoms with Gasteiger partial charge in [-0.2, -0.15) is 0 Å². The number of ether oxygens (including phenoxy) is 6. The van der Waals surface area contributed by atoms with Crippen LogP contribution >= 0.6 is 0 Å². The molecule has 0 aromatic rings. The van der Waals surface area contributed by atoms with E-state index in [2.05, 4.69) is 0 Å². The molecule has 8 aliphatic carbocycles. The molecular formula is C53H94O12. The third-order valence-corrected chi connectivity index (χ3v) is 16.8. The maximum atomic E-state index is 15.1. The summed E-state index contributed by atoms with van der Waals surface area (Å²) in [7, 11) is 0. The Kier molecular flexibility index (Phi) is 17.4. The van der Waals surface area contributed by atoms with E-state index >= 15 is 4.79 Å². The molecule has 2 aliphatic heterocycles. The van der Waals surface area contributed by atoms with Crippen molar-refractivity contribution in [2.45, 2.75) is 256 Å². The molecule has 0 spiro atoms. The highest BCUT2D eigenvalue weighted by molar-refractivity contribution is 5.84. The zero-order valence-corrected chi connectivity index (χ0v) is 37.0. The second kappa shape index (κ2) is 19.3. The summed E-state index contributed by atoms with van der Waals surface area (Å²) in [5, 5.41) is 11.6. The SMILES string of the molecule is C.C.C.C.C.C.CCC(C)(CC(C)(CC(C)(C)C(=O)OC1(C)CC(=O)OC1(C)C)C(=O)OC12CC3CC(CC(O)(C3)C1)C2)C(=O)OC12CC3CC(C1)CC(C(=O)OC1CCCCO1)(C3)C2. The molecule has 0 aromatic carbocycles. The van der Waals surface area contributed by atoms with Gasteiger partial charge in [0, 0.05) is 19.3 Å². The molecule has 8 unspecified atom stereocenters. The number of esters is 5. The van der Waals surface area contributed by atoms with E-state index in [4.69, 9.17) is 28.4 Å². The minimum Gasteiger partial charge on any atom is -0.459 e. The first-order valence-electron chi connectivity index (χ1n) is 22.8. The summed E-state index contributed by atoms with van der Waals surface area (Å²) in [5.74, 6) is -1.15. The number of rotatable bonds is 13. The number of carbonyl (C=O) groups is 5. The molecule has 0 aromatic heterocycles. The van der Waals surface area contributed by atoms with Gasteiger partial charge in [-0.3, -0.25) is 24.0 Å². The van der Waals surface area contributed by atoms with Crippen LogP contribution < -0.4 is 0 Å². The molecule has 0 amide bonds. The lowest BCUT2D eigenvalue weighted by Gasteiger charge is -2.60. The zero-order valence-electron chi connectivity index (χ0n) is 37.0. The van der Waals surface area contributed by atoms with Crippen molar-refractivity contribution in [3.63, 3.8) is 0 Å². The fourth-order valence-electron chi connectivity index (χ4n) is 14.4. The Morgan fingerprint density at radius 2 is 1.18 bits per heavy atom. The van der Waals surface area contributed by atoms with Crippen molar-refractivity contribution in [2.24, 2.45) is 45.3 Å². The average Bonchev–Trinajstić information content (AvgIpc) is 3.30. The molecule has 12 nitrogen and oxygen atoms in total. The molecule has 65 heavy (non-hydrogen) atoms. The van der Waals surface area contributed by atoms with Crippen LogP contribution in [0.15, 0.2) is 0 Å². The molecule has 378 valence electrons. The summed E-state index contributed by atoms with van der Waals surface area (Å²) in [6.45, 7) is 14.7. The zero-order chi connectivity index (χ0) is 42.7. The number of carbonyl (C=O) groups excluding carboxylic acids is 5. The molecule has 1 N–H and O–H groups in total. The van der Waals surface area contributed by atoms with Crippen molar-refractivity contribution >= 4 is 29.8 Å². The number of hydrogen-bond donors (Lipinski definition) is 1. The Morgan fingerprint density at radius 3 is 1.65 bits per heavy atom. The maximum Gasteiger partial charge on any atom is 0.314 e. The first kappa shape index (κ1) is 58.4. The van der Waals surface area contributed by atoms with Crippen LogP contribution in [0, 0.1) is 45.3 Å². The largest absolute Gasteiger partial charge is 0.459 e. The summed E-state index contributed by atoms with van der Waals surface area (Å²) >= 11 is 0. The molecule has 8 atom stereocenters. The topological polar surface area (TPSA) is 161 Å². The van der Waals surface area contributed by atoms with Crippen LogP contribution in [0.25, 0.3) is 0 Å². The minimum absolute atomic E-state index is 0. The molecule has 8 saturated carbocycles. The summed E-state index contributed by atoms with van der Waals surface area (Å²) in [5.41, 5.74) is -9.29. The Balaban J connectivity index is 0.00000242. The van der Waals surface area contributed by atoms with Gasteiger partial charge in [-0.05, 0) is 168 Å². The molecule has 2 saturated heterocycles. The van der Waals surface area contributed by atoms with Gasteiger partial charge in [-0.15, -0.1) is 0 Å². The lowest BCUT2D eigenvalue weighted by atomic mass is 9.48. The van der Waals surface area contributed by atoms with Crippen molar-refractivity contribution in [2.75, 3.05) is 6.61 Å². The van der Waals surface area contributed by atoms with Crippen LogP contribution in [0.4, 0.5) is 0 Å². The molecule has 10 aliphatic rings. The van der Waals surface area contributed by atoms with Gasteiger partial charge in [0.2, 0.25) is 6.29 Å². The van der Waals surface area contributed by atoms with Crippen LogP contribution in [0.5, 0.6) is 0 Å². The molecule has 10 fully saturated rings. The number of cyclic esters (lactones) is 1. The first-order chi connectivity index (χ1) is 27.3. The highest BCUT2D eigenvalue weighted by Crippen LogP contribution is 2.64. The highest BCUT2D eigenvalue weighted by Gasteiger charge is 2.65. The van der Waals surface area contributed by atoms with E-state index < -0.39 is 79.8 Å². The maximum absolute atomic E-state index is 15.1. The molecule has 12 heteroatoms. The van der Waals surface area contributed by atoms with E-state index in [0.717, 1.165) is 51.4 Å². The summed E-state index contributed by atoms with van der Waals surface area (Å²) in [4.78, 5) is 70.6. The highest BCUT2D eigenvalue weighted by atomic mass is 16.7. The minimum atomic E-state index is -1.37. The quantitative estimate of drug-likeness (QED) is 0.138. The Hall–Kier alpha value is -2.73. The number of hydrogen-bond acceptors (Lipinski definition) is 12. The van der Waals surface area contributed by atoms with Crippen molar-refractivity contribution in [3.8, 4) is 0 Å². The van der Waals surface area contributed by atoms with E-state index in [1.165, 1.54) is 0 Å². The van der Waals surface area contributed by atoms with Crippen molar-refractivity contribution in [1.29, 1.82) is 0 Å². The Morgan fingerprint density at radius 1 is 0.677 bits per heavy atom. The molecule has 8 bridgehead atoms. The summed E-state index contributed by atoms with van der Waals surface area (Å²) in [6, 6.07) is 0. The van der Waals surface area contributed by atoms with Crippen LogP contribution in [0.2, 0.25) is 0 Å². The van der Waals surface area contributed by atoms with Gasteiger partial charge in [-0.1, -0.05) is 51.5 Å². The third-order valence-electron chi connectivity index (χ3n) is 16.8. The fourth-order valence-corrected chi connectivity index (χ4v) is 14.4. The van der Waals surface area contributed by atoms with Gasteiger partial charge in [0.05, 0.1) is 40.3 Å². The van der Waals surface area contributed by atoms with E-state index in [1.807, 2.05) is 13.8 Å². The van der Waals surface area contributed by atoms with Crippen molar-refractivity contribution in [3.05, 3.63) is 0 Å². The monoisotopic (exact) mass is 923 g/mol. The van der Waals surface area contributed by atoms with Gasteiger partial charge >= 0.3 is 29.8 Å². The lowest BCUT2D eigenvalue weighted by molar-refractivity contribution is -0.234. The number of aliphatic hydroxyl groups is 1. The van der Waals surface area contributed by atoms with Crippen LogP contribution in [-0.4, -0.2) is 75.9 Å². The van der Waals surface area contributed by atoms with E-state index in [9.17, 15) is 24.3 Å². The molecule has 0 radical (unpaired) electrons. The van der Waals surface area contributed by atoms with Crippen LogP contribution in [0.3, 0.4) is 0 Å². The predicted octanol–water partition coefficient (Wildman–Crippen LogP) is 11.6. The van der Waals surface area contributed by atoms with Crippen molar-refractivity contribution in [1.82, 2.24) is 0 Å². The smallest absolute Gasteiger partial charge is 0.314 e. The Bertz CT molecular complexity index is 1720. The molecule has 10 rings (SSSR count). The standard InChI is InChI=1S/C47H70O12.6CH4/c1-9-41(6,36(50)58-46-20-29-14-30(21-46)17-44(16-29,27-46)38(52)55-34-12-10-11-13-54-34)26-42(7,25-39(2,3)35(49)57-43(8)24-33(48)56-40(43,4)5)37(51)59-47-22-31-15-32(23-47)19-45(53,18-31)28-47;;;;;;/h29-32,34,53H,9-28H2,1-8H3;6*1H4. The van der Waals surface area contributed by atoms with Gasteiger partial charge in [-0.25, -0.2) is 0 Å². The molecular weight excluding hydrogens is 829 g/mol. The second-order valence-electron chi connectivity index (χ2n) is 23.3. The predicted molar refractivity (Wildman–Crippen MR) is 253 cm³/mol. The lowest BCUT2D eigenvalue weighted by Crippen LogP contribution is -2.61. The van der Waals surface area contributed by atoms with Gasteiger partial charge in [0.1, 0.15) is 16.8 Å². The summed E-state index contributed by atoms with van der Waals surface area (Å²) in [6.07, 6.45) is 10.8. The van der Waals surface area contributed by atoms with Gasteiger partial charge in [0.15, 0.2) is 5.60 Å². The van der Waals surface area contributed by atoms with E-state index in [1.54, 1.807) is 41.5 Å². The van der Waals surface area contributed by atoms with Gasteiger partial charge < -0.3 is 33.5 Å². The Labute approximate surface area is 394 Å². The summed E-state index contributed by atoms with van der Waals surface area (Å²) < 4.78 is 36.9. The average molecular weight is 923 g/mol. The third kappa shape index (κ3) is 10.6. The molecule has 2 heterocycles. The first-order valence-corrected chi connectivity index (χ1v) is 22.8. The van der Waals surface area contributed by atoms with Crippen LogP contribution in [-0.2, 0) is 52.4 Å². The normalized spacial score (nSPS) is 38.4. The second-order valence-corrected chi connectivity index (χ2v) is 23.3. The van der Waals surface area contributed by atoms with Crippen molar-refractivity contribution < 1.29 is 57.5 Å². The van der Waals surface area contributed by atoms with Crippen LogP contribution in [0.1, 0.15) is 222 Å². The van der Waals surface area contributed by atoms with E-state index in [0.29, 0.717) is 58.0 Å².